The molecule has 1 aromatic rings. The molecule has 0 saturated heterocycles. The monoisotopic (exact) mass is 248 g/mol. The number of anilines is 1. The zero-order valence-corrected chi connectivity index (χ0v) is 11.2. The van der Waals surface area contributed by atoms with Crippen molar-refractivity contribution in [3.8, 4) is 0 Å². The molecular formula is C14H20N2O2. The van der Waals surface area contributed by atoms with Gasteiger partial charge in [-0.25, -0.2) is 0 Å². The van der Waals surface area contributed by atoms with Crippen molar-refractivity contribution in [2.75, 3.05) is 32.2 Å². The van der Waals surface area contributed by atoms with Crippen molar-refractivity contribution in [1.82, 2.24) is 5.32 Å². The number of nitrogens with zero attached hydrogens (tertiary/aromatic N) is 1. The zero-order valence-electron chi connectivity index (χ0n) is 11.2. The van der Waals surface area contributed by atoms with Crippen LogP contribution in [0.15, 0.2) is 18.2 Å². The highest BCUT2D eigenvalue weighted by molar-refractivity contribution is 6.04. The molecule has 1 aromatic carbocycles. The Morgan fingerprint density at radius 1 is 1.44 bits per heavy atom. The van der Waals surface area contributed by atoms with E-state index in [-0.39, 0.29) is 11.9 Å². The van der Waals surface area contributed by atoms with Crippen LogP contribution in [0.3, 0.4) is 0 Å². The van der Waals surface area contributed by atoms with Crippen LogP contribution in [-0.4, -0.2) is 33.2 Å². The van der Waals surface area contributed by atoms with Crippen molar-refractivity contribution in [2.45, 2.75) is 19.4 Å². The lowest BCUT2D eigenvalue weighted by molar-refractivity contribution is -0.119. The first-order chi connectivity index (χ1) is 8.69. The number of likely N-dealkylation sites (N-methyl/N-ethyl adjacent to an activating group) is 1. The van der Waals surface area contributed by atoms with Gasteiger partial charge in [-0.05, 0) is 26.5 Å². The molecule has 4 nitrogen and oxygen atoms in total. The zero-order chi connectivity index (χ0) is 13.1. The predicted molar refractivity (Wildman–Crippen MR) is 71.8 cm³/mol. The van der Waals surface area contributed by atoms with Gasteiger partial charge in [0, 0.05) is 31.5 Å². The highest BCUT2D eigenvalue weighted by Gasteiger charge is 2.35. The van der Waals surface area contributed by atoms with Crippen LogP contribution in [-0.2, 0) is 9.53 Å². The lowest BCUT2D eigenvalue weighted by Crippen LogP contribution is -2.34. The summed E-state index contributed by atoms with van der Waals surface area (Å²) in [6.07, 6.45) is 0.853. The van der Waals surface area contributed by atoms with E-state index in [0.29, 0.717) is 13.2 Å². The lowest BCUT2D eigenvalue weighted by atomic mass is 10.1. The standard InChI is InChI=1S/C14H20N2O2/c1-10-5-6-12-11(9-10)13(15-2)14(17)16(12)7-4-8-18-3/h5-6,9,13,15H,4,7-8H2,1-3H3. The van der Waals surface area contributed by atoms with Gasteiger partial charge in [0.2, 0.25) is 5.91 Å². The average molecular weight is 248 g/mol. The van der Waals surface area contributed by atoms with Gasteiger partial charge in [0.25, 0.3) is 0 Å². The second kappa shape index (κ2) is 5.50. The molecule has 1 atom stereocenters. The fourth-order valence-electron chi connectivity index (χ4n) is 2.44. The highest BCUT2D eigenvalue weighted by Crippen LogP contribution is 2.36. The molecule has 1 aliphatic rings. The van der Waals surface area contributed by atoms with Crippen molar-refractivity contribution < 1.29 is 9.53 Å². The van der Waals surface area contributed by atoms with Crippen molar-refractivity contribution >= 4 is 11.6 Å². The fourth-order valence-corrected chi connectivity index (χ4v) is 2.44. The van der Waals surface area contributed by atoms with Gasteiger partial charge in [0.05, 0.1) is 0 Å². The van der Waals surface area contributed by atoms with Gasteiger partial charge in [-0.15, -0.1) is 0 Å². The third-order valence-electron chi connectivity index (χ3n) is 3.32. The minimum absolute atomic E-state index is 0.134. The van der Waals surface area contributed by atoms with Gasteiger partial charge in [0.1, 0.15) is 6.04 Å². The summed E-state index contributed by atoms with van der Waals surface area (Å²) in [4.78, 5) is 14.2. The molecule has 0 bridgehead atoms. The number of carbonyl (C=O) groups is 1. The van der Waals surface area contributed by atoms with Crippen LogP contribution >= 0.6 is 0 Å². The van der Waals surface area contributed by atoms with Crippen LogP contribution < -0.4 is 10.2 Å². The van der Waals surface area contributed by atoms with Gasteiger partial charge >= 0.3 is 0 Å². The van der Waals surface area contributed by atoms with E-state index in [4.69, 9.17) is 4.74 Å². The summed E-state index contributed by atoms with van der Waals surface area (Å²) in [6, 6.07) is 5.97. The van der Waals surface area contributed by atoms with Crippen molar-refractivity contribution in [3.63, 3.8) is 0 Å². The minimum Gasteiger partial charge on any atom is -0.385 e. The minimum atomic E-state index is -0.206. The molecule has 0 aliphatic carbocycles. The largest absolute Gasteiger partial charge is 0.385 e. The normalized spacial score (nSPS) is 18.3. The molecule has 1 N–H and O–H groups in total. The molecule has 1 amide bonds. The van der Waals surface area contributed by atoms with Gasteiger partial charge in [-0.3, -0.25) is 4.79 Å². The molecule has 98 valence electrons. The molecule has 0 saturated carbocycles. The van der Waals surface area contributed by atoms with E-state index in [2.05, 4.69) is 11.4 Å². The summed E-state index contributed by atoms with van der Waals surface area (Å²) >= 11 is 0. The van der Waals surface area contributed by atoms with Crippen molar-refractivity contribution in [2.24, 2.45) is 0 Å². The average Bonchev–Trinajstić information content (AvgIpc) is 2.61. The Morgan fingerprint density at radius 2 is 2.22 bits per heavy atom. The van der Waals surface area contributed by atoms with E-state index in [1.807, 2.05) is 31.0 Å². The fraction of sp³-hybridized carbons (Fsp3) is 0.500. The Morgan fingerprint density at radius 3 is 2.89 bits per heavy atom. The third kappa shape index (κ3) is 2.26. The quantitative estimate of drug-likeness (QED) is 0.805. The van der Waals surface area contributed by atoms with E-state index in [1.165, 1.54) is 5.56 Å². The van der Waals surface area contributed by atoms with Crippen molar-refractivity contribution in [1.29, 1.82) is 0 Å². The van der Waals surface area contributed by atoms with E-state index in [0.717, 1.165) is 17.7 Å². The molecule has 1 heterocycles. The first-order valence-corrected chi connectivity index (χ1v) is 6.27. The highest BCUT2D eigenvalue weighted by atomic mass is 16.5. The van der Waals surface area contributed by atoms with Crippen LogP contribution in [0.2, 0.25) is 0 Å². The second-order valence-corrected chi connectivity index (χ2v) is 4.62. The number of carbonyl (C=O) groups excluding carboxylic acids is 1. The molecule has 2 rings (SSSR count). The number of amides is 1. The Labute approximate surface area is 108 Å². The van der Waals surface area contributed by atoms with E-state index < -0.39 is 0 Å². The molecule has 1 unspecified atom stereocenters. The number of aryl methyl sites for hydroxylation is 1. The van der Waals surface area contributed by atoms with Crippen LogP contribution in [0.5, 0.6) is 0 Å². The number of ether oxygens (including phenoxy) is 1. The maximum atomic E-state index is 12.3. The van der Waals surface area contributed by atoms with Gasteiger partial charge < -0.3 is 15.0 Å². The molecular weight excluding hydrogens is 228 g/mol. The van der Waals surface area contributed by atoms with E-state index in [9.17, 15) is 4.79 Å². The number of methoxy groups -OCH3 is 1. The van der Waals surface area contributed by atoms with Crippen LogP contribution in [0.4, 0.5) is 5.69 Å². The van der Waals surface area contributed by atoms with Crippen LogP contribution in [0.1, 0.15) is 23.6 Å². The second-order valence-electron chi connectivity index (χ2n) is 4.62. The summed E-state index contributed by atoms with van der Waals surface area (Å²) in [5, 5.41) is 3.10. The molecule has 0 radical (unpaired) electrons. The van der Waals surface area contributed by atoms with E-state index >= 15 is 0 Å². The summed E-state index contributed by atoms with van der Waals surface area (Å²) in [5.41, 5.74) is 3.29. The Hall–Kier alpha value is -1.39. The first kappa shape index (κ1) is 13.1. The lowest BCUT2D eigenvalue weighted by Gasteiger charge is -2.17. The molecule has 4 heteroatoms. The summed E-state index contributed by atoms with van der Waals surface area (Å²) in [6.45, 7) is 3.43. The summed E-state index contributed by atoms with van der Waals surface area (Å²) in [7, 11) is 3.51. The maximum absolute atomic E-state index is 12.3. The maximum Gasteiger partial charge on any atom is 0.248 e. The third-order valence-corrected chi connectivity index (χ3v) is 3.32. The smallest absolute Gasteiger partial charge is 0.248 e. The molecule has 0 fully saturated rings. The summed E-state index contributed by atoms with van der Waals surface area (Å²) < 4.78 is 5.04. The number of hydrogen-bond donors (Lipinski definition) is 1. The van der Waals surface area contributed by atoms with E-state index in [1.54, 1.807) is 7.11 Å². The Bertz CT molecular complexity index is 445. The Kier molecular flexibility index (Phi) is 3.99. The summed E-state index contributed by atoms with van der Waals surface area (Å²) in [5.74, 6) is 0.134. The number of hydrogen-bond acceptors (Lipinski definition) is 3. The molecule has 18 heavy (non-hydrogen) atoms. The number of rotatable bonds is 5. The SMILES string of the molecule is CNC1C(=O)N(CCCOC)c2ccc(C)cc21. The number of nitrogens with one attached hydrogen (secondary N) is 1. The number of benzene rings is 1. The van der Waals surface area contributed by atoms with Crippen LogP contribution in [0.25, 0.3) is 0 Å². The van der Waals surface area contributed by atoms with Gasteiger partial charge in [-0.2, -0.15) is 0 Å². The molecule has 1 aliphatic heterocycles. The topological polar surface area (TPSA) is 41.6 Å². The molecule has 0 aromatic heterocycles. The van der Waals surface area contributed by atoms with Gasteiger partial charge in [-0.1, -0.05) is 17.7 Å². The predicted octanol–water partition coefficient (Wildman–Crippen LogP) is 1.64. The van der Waals surface area contributed by atoms with Crippen LogP contribution in [0, 0.1) is 6.92 Å². The van der Waals surface area contributed by atoms with Crippen molar-refractivity contribution in [3.05, 3.63) is 29.3 Å². The molecule has 0 spiro atoms. The first-order valence-electron chi connectivity index (χ1n) is 6.27. The Balaban J connectivity index is 2.25. The number of fused-ring (bicyclic) bond motifs is 1. The van der Waals surface area contributed by atoms with Gasteiger partial charge in [0.15, 0.2) is 0 Å².